The van der Waals surface area contributed by atoms with Crippen molar-refractivity contribution in [2.75, 3.05) is 13.7 Å². The van der Waals surface area contributed by atoms with E-state index in [9.17, 15) is 4.79 Å². The Labute approximate surface area is 148 Å². The molecule has 1 aromatic carbocycles. The van der Waals surface area contributed by atoms with Crippen LogP contribution in [0.1, 0.15) is 27.3 Å². The lowest BCUT2D eigenvalue weighted by atomic mass is 10.1. The molecule has 0 fully saturated rings. The molecule has 8 heteroatoms. The van der Waals surface area contributed by atoms with Crippen LogP contribution in [0.4, 0.5) is 0 Å². The van der Waals surface area contributed by atoms with Crippen LogP contribution in [-0.2, 0) is 19.5 Å². The quantitative estimate of drug-likeness (QED) is 0.734. The number of nitrogens with one attached hydrogen (secondary N) is 3. The zero-order valence-corrected chi connectivity index (χ0v) is 15.0. The minimum absolute atomic E-state index is 0. The van der Waals surface area contributed by atoms with E-state index in [0.29, 0.717) is 18.8 Å². The van der Waals surface area contributed by atoms with Crippen molar-refractivity contribution in [2.24, 2.45) is 0 Å². The molecular formula is C15H18BrClN4O2. The van der Waals surface area contributed by atoms with Crippen molar-refractivity contribution >= 4 is 34.2 Å². The van der Waals surface area contributed by atoms with Crippen molar-refractivity contribution in [3.05, 3.63) is 45.2 Å². The maximum absolute atomic E-state index is 12.3. The molecule has 0 radical (unpaired) electrons. The number of fused-ring (bicyclic) bond motifs is 1. The average Bonchev–Trinajstić information content (AvgIpc) is 2.97. The van der Waals surface area contributed by atoms with Gasteiger partial charge in [0.25, 0.3) is 5.91 Å². The number of amides is 1. The van der Waals surface area contributed by atoms with Crippen LogP contribution in [0.3, 0.4) is 0 Å². The summed E-state index contributed by atoms with van der Waals surface area (Å²) in [7, 11) is 1.62. The Bertz CT molecular complexity index is 705. The second-order valence-corrected chi connectivity index (χ2v) is 5.96. The first-order valence-electron chi connectivity index (χ1n) is 7.06. The zero-order valence-electron chi connectivity index (χ0n) is 12.6. The SMILES string of the molecule is COc1ccc(CNC(=O)c2n[nH]c3c2CNCC3)cc1Br.Cl. The highest BCUT2D eigenvalue weighted by Crippen LogP contribution is 2.25. The van der Waals surface area contributed by atoms with Gasteiger partial charge in [-0.3, -0.25) is 9.89 Å². The van der Waals surface area contributed by atoms with Gasteiger partial charge in [0, 0.05) is 37.3 Å². The summed E-state index contributed by atoms with van der Waals surface area (Å²) in [5, 5.41) is 13.3. The lowest BCUT2D eigenvalue weighted by Crippen LogP contribution is -2.28. The molecule has 124 valence electrons. The number of ether oxygens (including phenoxy) is 1. The smallest absolute Gasteiger partial charge is 0.272 e. The number of hydrogen-bond donors (Lipinski definition) is 3. The molecule has 3 N–H and O–H groups in total. The van der Waals surface area contributed by atoms with Gasteiger partial charge < -0.3 is 15.4 Å². The van der Waals surface area contributed by atoms with E-state index in [4.69, 9.17) is 4.74 Å². The first kappa shape index (κ1) is 17.8. The molecule has 0 bridgehead atoms. The van der Waals surface area contributed by atoms with E-state index in [0.717, 1.165) is 40.0 Å². The fraction of sp³-hybridized carbons (Fsp3) is 0.333. The van der Waals surface area contributed by atoms with Crippen LogP contribution in [0.5, 0.6) is 5.75 Å². The topological polar surface area (TPSA) is 79.0 Å². The predicted molar refractivity (Wildman–Crippen MR) is 93.1 cm³/mol. The van der Waals surface area contributed by atoms with Crippen LogP contribution in [0.15, 0.2) is 22.7 Å². The predicted octanol–water partition coefficient (Wildman–Crippen LogP) is 2.18. The molecule has 1 amide bonds. The number of aromatic nitrogens is 2. The van der Waals surface area contributed by atoms with Gasteiger partial charge in [-0.1, -0.05) is 6.07 Å². The van der Waals surface area contributed by atoms with Crippen molar-refractivity contribution < 1.29 is 9.53 Å². The largest absolute Gasteiger partial charge is 0.496 e. The third-order valence-electron chi connectivity index (χ3n) is 3.69. The van der Waals surface area contributed by atoms with Crippen LogP contribution in [0.25, 0.3) is 0 Å². The first-order chi connectivity index (χ1) is 10.7. The zero-order chi connectivity index (χ0) is 15.5. The molecular weight excluding hydrogens is 384 g/mol. The summed E-state index contributed by atoms with van der Waals surface area (Å²) in [5.41, 5.74) is 3.49. The Morgan fingerprint density at radius 1 is 1.48 bits per heavy atom. The van der Waals surface area contributed by atoms with Crippen LogP contribution in [-0.4, -0.2) is 29.8 Å². The molecule has 6 nitrogen and oxygen atoms in total. The minimum Gasteiger partial charge on any atom is -0.496 e. The number of aromatic amines is 1. The van der Waals surface area contributed by atoms with Gasteiger partial charge in [-0.05, 0) is 33.6 Å². The maximum atomic E-state index is 12.3. The summed E-state index contributed by atoms with van der Waals surface area (Å²) < 4.78 is 6.06. The van der Waals surface area contributed by atoms with Crippen LogP contribution in [0, 0.1) is 0 Å². The number of rotatable bonds is 4. The number of carbonyl (C=O) groups is 1. The molecule has 0 unspecified atom stereocenters. The van der Waals surface area contributed by atoms with E-state index in [1.807, 2.05) is 18.2 Å². The molecule has 1 aliphatic heterocycles. The Morgan fingerprint density at radius 3 is 3.04 bits per heavy atom. The molecule has 1 aliphatic rings. The van der Waals surface area contributed by atoms with Crippen LogP contribution < -0.4 is 15.4 Å². The Kier molecular flexibility index (Phi) is 6.04. The second-order valence-electron chi connectivity index (χ2n) is 5.11. The van der Waals surface area contributed by atoms with E-state index in [1.165, 1.54) is 0 Å². The summed E-state index contributed by atoms with van der Waals surface area (Å²) in [6.07, 6.45) is 0.876. The van der Waals surface area contributed by atoms with Crippen molar-refractivity contribution in [3.8, 4) is 5.75 Å². The monoisotopic (exact) mass is 400 g/mol. The molecule has 0 aliphatic carbocycles. The van der Waals surface area contributed by atoms with Crippen molar-refractivity contribution in [2.45, 2.75) is 19.5 Å². The number of carbonyl (C=O) groups excluding carboxylic acids is 1. The van der Waals surface area contributed by atoms with Crippen LogP contribution >= 0.6 is 28.3 Å². The summed E-state index contributed by atoms with van der Waals surface area (Å²) >= 11 is 3.44. The van der Waals surface area contributed by atoms with Gasteiger partial charge in [-0.15, -0.1) is 12.4 Å². The lowest BCUT2D eigenvalue weighted by molar-refractivity contribution is 0.0944. The Hall–Kier alpha value is -1.57. The Morgan fingerprint density at radius 2 is 2.30 bits per heavy atom. The summed E-state index contributed by atoms with van der Waals surface area (Å²) in [6.45, 7) is 2.04. The molecule has 0 saturated heterocycles. The van der Waals surface area contributed by atoms with Gasteiger partial charge in [-0.2, -0.15) is 5.10 Å². The van der Waals surface area contributed by atoms with Gasteiger partial charge in [0.15, 0.2) is 5.69 Å². The summed E-state index contributed by atoms with van der Waals surface area (Å²) in [6, 6.07) is 5.72. The van der Waals surface area contributed by atoms with Gasteiger partial charge in [0.2, 0.25) is 0 Å². The highest BCUT2D eigenvalue weighted by atomic mass is 79.9. The molecule has 23 heavy (non-hydrogen) atoms. The van der Waals surface area contributed by atoms with E-state index in [-0.39, 0.29) is 18.3 Å². The van der Waals surface area contributed by atoms with Gasteiger partial charge in [0.1, 0.15) is 5.75 Å². The van der Waals surface area contributed by atoms with Crippen molar-refractivity contribution in [1.82, 2.24) is 20.8 Å². The van der Waals surface area contributed by atoms with Gasteiger partial charge >= 0.3 is 0 Å². The normalized spacial score (nSPS) is 13.0. The summed E-state index contributed by atoms with van der Waals surface area (Å²) in [4.78, 5) is 12.3. The highest BCUT2D eigenvalue weighted by molar-refractivity contribution is 9.10. The highest BCUT2D eigenvalue weighted by Gasteiger charge is 2.21. The first-order valence-corrected chi connectivity index (χ1v) is 7.86. The third-order valence-corrected chi connectivity index (χ3v) is 4.31. The van der Waals surface area contributed by atoms with E-state index in [1.54, 1.807) is 7.11 Å². The molecule has 0 spiro atoms. The van der Waals surface area contributed by atoms with Gasteiger partial charge in [-0.25, -0.2) is 0 Å². The standard InChI is InChI=1S/C15H17BrN4O2.ClH/c1-22-13-3-2-9(6-11(13)16)7-18-15(21)14-10-8-17-5-4-12(10)19-20-14;/h2-3,6,17H,4-5,7-8H2,1H3,(H,18,21)(H,19,20);1H. The fourth-order valence-corrected chi connectivity index (χ4v) is 3.09. The number of methoxy groups -OCH3 is 1. The lowest BCUT2D eigenvalue weighted by Gasteiger charge is -2.13. The maximum Gasteiger partial charge on any atom is 0.272 e. The van der Waals surface area contributed by atoms with E-state index < -0.39 is 0 Å². The molecule has 2 aromatic rings. The number of hydrogen-bond acceptors (Lipinski definition) is 4. The number of H-pyrrole nitrogens is 1. The molecule has 1 aromatic heterocycles. The Balaban J connectivity index is 0.00000192. The summed E-state index contributed by atoms with van der Waals surface area (Å²) in [5.74, 6) is 0.607. The van der Waals surface area contributed by atoms with E-state index in [2.05, 4.69) is 36.8 Å². The number of benzene rings is 1. The number of nitrogens with zero attached hydrogens (tertiary/aromatic N) is 1. The van der Waals surface area contributed by atoms with Crippen molar-refractivity contribution in [3.63, 3.8) is 0 Å². The molecule has 0 saturated carbocycles. The van der Waals surface area contributed by atoms with E-state index >= 15 is 0 Å². The van der Waals surface area contributed by atoms with Crippen molar-refractivity contribution in [1.29, 1.82) is 0 Å². The third kappa shape index (κ3) is 3.85. The molecule has 3 rings (SSSR count). The molecule has 2 heterocycles. The number of halogens is 2. The second kappa shape index (κ2) is 7.81. The van der Waals surface area contributed by atoms with Gasteiger partial charge in [0.05, 0.1) is 11.6 Å². The van der Waals surface area contributed by atoms with Crippen LogP contribution in [0.2, 0.25) is 0 Å². The molecule has 0 atom stereocenters. The minimum atomic E-state index is -0.159. The average molecular weight is 402 g/mol. The fourth-order valence-electron chi connectivity index (χ4n) is 2.50.